The second-order valence-corrected chi connectivity index (χ2v) is 6.35. The zero-order chi connectivity index (χ0) is 13.5. The largest absolute Gasteiger partial charge is 0.363 e. The lowest BCUT2D eigenvalue weighted by Gasteiger charge is -2.38. The SMILES string of the molecule is N#Cc1ncccc1N1C2CCC1CC(=CC1CC1)C2. The average molecular weight is 265 g/mol. The third-order valence-corrected chi connectivity index (χ3v) is 4.88. The fourth-order valence-electron chi connectivity index (χ4n) is 3.87. The molecule has 2 saturated heterocycles. The first-order valence-corrected chi connectivity index (χ1v) is 7.68. The van der Waals surface area contributed by atoms with Crippen molar-refractivity contribution in [2.45, 2.75) is 50.6 Å². The van der Waals surface area contributed by atoms with Crippen LogP contribution in [-0.2, 0) is 0 Å². The molecule has 2 aliphatic heterocycles. The second kappa shape index (κ2) is 4.63. The molecule has 0 spiro atoms. The number of hydrogen-bond acceptors (Lipinski definition) is 3. The summed E-state index contributed by atoms with van der Waals surface area (Å²) in [5, 5.41) is 9.27. The molecule has 0 amide bonds. The minimum Gasteiger partial charge on any atom is -0.363 e. The Bertz CT molecular complexity index is 578. The van der Waals surface area contributed by atoms with Crippen molar-refractivity contribution in [1.29, 1.82) is 5.26 Å². The highest BCUT2D eigenvalue weighted by molar-refractivity contribution is 5.59. The van der Waals surface area contributed by atoms with E-state index in [-0.39, 0.29) is 0 Å². The molecule has 3 heteroatoms. The molecular weight excluding hydrogens is 246 g/mol. The van der Waals surface area contributed by atoms with Crippen LogP contribution in [-0.4, -0.2) is 17.1 Å². The summed E-state index contributed by atoms with van der Waals surface area (Å²) in [6.07, 6.45) is 11.9. The summed E-state index contributed by atoms with van der Waals surface area (Å²) < 4.78 is 0. The monoisotopic (exact) mass is 265 g/mol. The first kappa shape index (κ1) is 12.0. The van der Waals surface area contributed by atoms with Gasteiger partial charge in [-0.15, -0.1) is 0 Å². The van der Waals surface area contributed by atoms with E-state index in [1.54, 1.807) is 11.8 Å². The molecule has 1 aliphatic carbocycles. The third kappa shape index (κ3) is 2.00. The maximum absolute atomic E-state index is 9.27. The van der Waals surface area contributed by atoms with E-state index in [1.807, 2.05) is 6.07 Å². The van der Waals surface area contributed by atoms with Crippen LogP contribution in [0.4, 0.5) is 5.69 Å². The van der Waals surface area contributed by atoms with Crippen molar-refractivity contribution in [3.63, 3.8) is 0 Å². The van der Waals surface area contributed by atoms with Gasteiger partial charge in [-0.2, -0.15) is 5.26 Å². The van der Waals surface area contributed by atoms with Crippen LogP contribution in [0.15, 0.2) is 30.0 Å². The highest BCUT2D eigenvalue weighted by Crippen LogP contribution is 2.43. The number of anilines is 1. The number of nitrogens with zero attached hydrogens (tertiary/aromatic N) is 3. The Morgan fingerprint density at radius 3 is 2.60 bits per heavy atom. The lowest BCUT2D eigenvalue weighted by atomic mass is 9.94. The van der Waals surface area contributed by atoms with Gasteiger partial charge in [0, 0.05) is 18.3 Å². The summed E-state index contributed by atoms with van der Waals surface area (Å²) in [5.41, 5.74) is 3.30. The number of allylic oxidation sites excluding steroid dienone is 1. The number of rotatable bonds is 2. The molecule has 3 heterocycles. The topological polar surface area (TPSA) is 39.9 Å². The highest BCUT2D eigenvalue weighted by atomic mass is 15.2. The number of hydrogen-bond donors (Lipinski definition) is 0. The van der Waals surface area contributed by atoms with Crippen LogP contribution in [0, 0.1) is 17.2 Å². The molecule has 1 aromatic rings. The Labute approximate surface area is 119 Å². The summed E-state index contributed by atoms with van der Waals surface area (Å²) in [6, 6.07) is 7.42. The van der Waals surface area contributed by atoms with E-state index in [2.05, 4.69) is 28.1 Å². The molecule has 3 fully saturated rings. The molecule has 2 bridgehead atoms. The summed E-state index contributed by atoms with van der Waals surface area (Å²) in [4.78, 5) is 6.71. The Morgan fingerprint density at radius 2 is 1.95 bits per heavy atom. The van der Waals surface area contributed by atoms with E-state index in [0.717, 1.165) is 11.6 Å². The quantitative estimate of drug-likeness (QED) is 0.769. The van der Waals surface area contributed by atoms with Crippen molar-refractivity contribution in [1.82, 2.24) is 4.98 Å². The number of pyridine rings is 1. The van der Waals surface area contributed by atoms with Crippen molar-refractivity contribution in [3.05, 3.63) is 35.7 Å². The molecule has 1 saturated carbocycles. The summed E-state index contributed by atoms with van der Waals surface area (Å²) in [6.45, 7) is 0. The van der Waals surface area contributed by atoms with Gasteiger partial charge in [-0.3, -0.25) is 0 Å². The van der Waals surface area contributed by atoms with E-state index in [1.165, 1.54) is 38.5 Å². The van der Waals surface area contributed by atoms with Crippen LogP contribution in [0.5, 0.6) is 0 Å². The van der Waals surface area contributed by atoms with Gasteiger partial charge in [0.25, 0.3) is 0 Å². The van der Waals surface area contributed by atoms with Gasteiger partial charge in [-0.1, -0.05) is 11.6 Å². The second-order valence-electron chi connectivity index (χ2n) is 6.35. The number of nitriles is 1. The zero-order valence-electron chi connectivity index (χ0n) is 11.6. The molecule has 2 atom stereocenters. The van der Waals surface area contributed by atoms with Crippen molar-refractivity contribution in [3.8, 4) is 6.07 Å². The minimum atomic E-state index is 0.579. The summed E-state index contributed by atoms with van der Waals surface area (Å²) >= 11 is 0. The highest BCUT2D eigenvalue weighted by Gasteiger charge is 2.40. The van der Waals surface area contributed by atoms with Crippen molar-refractivity contribution >= 4 is 5.69 Å². The van der Waals surface area contributed by atoms with Crippen LogP contribution in [0.1, 0.15) is 44.2 Å². The van der Waals surface area contributed by atoms with Crippen LogP contribution in [0.2, 0.25) is 0 Å². The molecule has 0 N–H and O–H groups in total. The third-order valence-electron chi connectivity index (χ3n) is 4.88. The predicted octanol–water partition coefficient (Wildman–Crippen LogP) is 3.42. The molecule has 0 aromatic carbocycles. The molecular formula is C17H19N3. The molecule has 2 unspecified atom stereocenters. The van der Waals surface area contributed by atoms with Crippen LogP contribution < -0.4 is 4.90 Å². The molecule has 1 aromatic heterocycles. The van der Waals surface area contributed by atoms with Gasteiger partial charge in [0.2, 0.25) is 0 Å². The van der Waals surface area contributed by atoms with E-state index in [4.69, 9.17) is 0 Å². The van der Waals surface area contributed by atoms with Gasteiger partial charge in [0.15, 0.2) is 5.69 Å². The first-order chi connectivity index (χ1) is 9.85. The summed E-state index contributed by atoms with van der Waals surface area (Å²) in [5.74, 6) is 0.879. The smallest absolute Gasteiger partial charge is 0.163 e. The Kier molecular flexibility index (Phi) is 2.77. The molecule has 20 heavy (non-hydrogen) atoms. The summed E-state index contributed by atoms with van der Waals surface area (Å²) in [7, 11) is 0. The van der Waals surface area contributed by atoms with E-state index >= 15 is 0 Å². The van der Waals surface area contributed by atoms with E-state index < -0.39 is 0 Å². The van der Waals surface area contributed by atoms with Crippen LogP contribution >= 0.6 is 0 Å². The van der Waals surface area contributed by atoms with Crippen molar-refractivity contribution < 1.29 is 0 Å². The van der Waals surface area contributed by atoms with Gasteiger partial charge >= 0.3 is 0 Å². The van der Waals surface area contributed by atoms with Gasteiger partial charge in [0.05, 0.1) is 5.69 Å². The molecule has 3 nitrogen and oxygen atoms in total. The number of fused-ring (bicyclic) bond motifs is 2. The Hall–Kier alpha value is -1.82. The van der Waals surface area contributed by atoms with Gasteiger partial charge < -0.3 is 4.90 Å². The van der Waals surface area contributed by atoms with Crippen LogP contribution in [0.3, 0.4) is 0 Å². The van der Waals surface area contributed by atoms with Gasteiger partial charge in [-0.05, 0) is 56.6 Å². The molecule has 0 radical (unpaired) electrons. The molecule has 3 aliphatic rings. The number of aromatic nitrogens is 1. The fourth-order valence-corrected chi connectivity index (χ4v) is 3.87. The Balaban J connectivity index is 1.63. The van der Waals surface area contributed by atoms with Crippen LogP contribution in [0.25, 0.3) is 0 Å². The van der Waals surface area contributed by atoms with E-state index in [9.17, 15) is 5.26 Å². The first-order valence-electron chi connectivity index (χ1n) is 7.68. The lowest BCUT2D eigenvalue weighted by molar-refractivity contribution is 0.546. The molecule has 102 valence electrons. The van der Waals surface area contributed by atoms with Gasteiger partial charge in [-0.25, -0.2) is 4.98 Å². The van der Waals surface area contributed by atoms with E-state index in [0.29, 0.717) is 17.8 Å². The normalized spacial score (nSPS) is 28.4. The average Bonchev–Trinajstić information content (AvgIpc) is 3.24. The van der Waals surface area contributed by atoms with Gasteiger partial charge in [0.1, 0.15) is 6.07 Å². The zero-order valence-corrected chi connectivity index (χ0v) is 11.6. The Morgan fingerprint density at radius 1 is 1.20 bits per heavy atom. The molecule has 4 rings (SSSR count). The number of piperidine rings is 1. The standard InChI is InChI=1S/C17H19N3/c18-11-16-17(2-1-7-19-16)20-14-5-6-15(20)10-13(9-14)8-12-3-4-12/h1-2,7-8,12,14-15H,3-6,9-10H2. The van der Waals surface area contributed by atoms with Crippen molar-refractivity contribution in [2.75, 3.05) is 4.90 Å². The predicted molar refractivity (Wildman–Crippen MR) is 78.3 cm³/mol. The minimum absolute atomic E-state index is 0.579. The fraction of sp³-hybridized carbons (Fsp3) is 0.529. The van der Waals surface area contributed by atoms with Crippen molar-refractivity contribution in [2.24, 2.45) is 5.92 Å². The maximum atomic E-state index is 9.27. The lowest BCUT2D eigenvalue weighted by Crippen LogP contribution is -2.41. The maximum Gasteiger partial charge on any atom is 0.163 e.